The summed E-state index contributed by atoms with van der Waals surface area (Å²) in [6, 6.07) is 25.5. The van der Waals surface area contributed by atoms with Crippen LogP contribution in [0.15, 0.2) is 83.0 Å². The van der Waals surface area contributed by atoms with Crippen molar-refractivity contribution in [3.8, 4) is 6.07 Å². The van der Waals surface area contributed by atoms with E-state index in [0.717, 1.165) is 22.6 Å². The molecule has 0 aliphatic rings. The first kappa shape index (κ1) is 16.4. The fourth-order valence-electron chi connectivity index (χ4n) is 2.55. The summed E-state index contributed by atoms with van der Waals surface area (Å²) in [5, 5.41) is 17.9. The zero-order valence-corrected chi connectivity index (χ0v) is 14.2. The Kier molecular flexibility index (Phi) is 4.87. The average molecular weight is 326 g/mol. The van der Waals surface area contributed by atoms with Crippen molar-refractivity contribution >= 4 is 22.7 Å². The van der Waals surface area contributed by atoms with Crippen molar-refractivity contribution in [2.24, 2.45) is 10.2 Å². The fourth-order valence-corrected chi connectivity index (χ4v) is 2.55. The standard InChI is InChI=1S/C21H18N4/c1-16-12-13-21(25(2)18-9-4-3-5-10-18)20(14-16)24-23-19-11-7-6-8-17(19)15-22/h3-14H,1-2H3. The Morgan fingerprint density at radius 2 is 1.52 bits per heavy atom. The van der Waals surface area contributed by atoms with E-state index in [2.05, 4.69) is 27.3 Å². The molecule has 0 fully saturated rings. The predicted octanol–water partition coefficient (Wildman–Crippen LogP) is 6.05. The minimum atomic E-state index is 0.511. The topological polar surface area (TPSA) is 51.8 Å². The number of aryl methyl sites for hydroxylation is 1. The van der Waals surface area contributed by atoms with Crippen LogP contribution in [0.2, 0.25) is 0 Å². The SMILES string of the molecule is Cc1ccc(N(C)c2ccccc2)c(N=Nc2ccccc2C#N)c1. The molecule has 0 radical (unpaired) electrons. The minimum Gasteiger partial charge on any atom is -0.343 e. The van der Waals surface area contributed by atoms with Gasteiger partial charge >= 0.3 is 0 Å². The number of hydrogen-bond acceptors (Lipinski definition) is 4. The summed E-state index contributed by atoms with van der Waals surface area (Å²) in [5.74, 6) is 0. The zero-order chi connectivity index (χ0) is 17.6. The maximum Gasteiger partial charge on any atom is 0.110 e. The molecule has 0 atom stereocenters. The van der Waals surface area contributed by atoms with Gasteiger partial charge in [0.25, 0.3) is 0 Å². The lowest BCUT2D eigenvalue weighted by atomic mass is 10.1. The van der Waals surface area contributed by atoms with Crippen LogP contribution in [0.1, 0.15) is 11.1 Å². The van der Waals surface area contributed by atoms with E-state index < -0.39 is 0 Å². The molecule has 0 aromatic heterocycles. The Hall–Kier alpha value is -3.45. The van der Waals surface area contributed by atoms with Crippen LogP contribution in [0.5, 0.6) is 0 Å². The van der Waals surface area contributed by atoms with Crippen molar-refractivity contribution < 1.29 is 0 Å². The molecule has 0 saturated carbocycles. The van der Waals surface area contributed by atoms with E-state index in [0.29, 0.717) is 11.3 Å². The summed E-state index contributed by atoms with van der Waals surface area (Å²) >= 11 is 0. The third-order valence-corrected chi connectivity index (χ3v) is 3.93. The monoisotopic (exact) mass is 326 g/mol. The molecule has 0 aliphatic carbocycles. The smallest absolute Gasteiger partial charge is 0.110 e. The first-order valence-corrected chi connectivity index (χ1v) is 7.99. The summed E-state index contributed by atoms with van der Waals surface area (Å²) in [6.45, 7) is 2.02. The molecule has 0 unspecified atom stereocenters. The van der Waals surface area contributed by atoms with Crippen LogP contribution in [0.4, 0.5) is 22.7 Å². The Morgan fingerprint density at radius 1 is 0.840 bits per heavy atom. The fraction of sp³-hybridized carbons (Fsp3) is 0.0952. The molecule has 0 saturated heterocycles. The first-order chi connectivity index (χ1) is 12.2. The van der Waals surface area contributed by atoms with Gasteiger partial charge < -0.3 is 4.90 Å². The van der Waals surface area contributed by atoms with Crippen LogP contribution < -0.4 is 4.90 Å². The van der Waals surface area contributed by atoms with Crippen molar-refractivity contribution in [2.75, 3.05) is 11.9 Å². The number of rotatable bonds is 4. The molecule has 3 rings (SSSR count). The zero-order valence-electron chi connectivity index (χ0n) is 14.2. The number of para-hydroxylation sites is 1. The van der Waals surface area contributed by atoms with Crippen LogP contribution >= 0.6 is 0 Å². The number of nitriles is 1. The van der Waals surface area contributed by atoms with Gasteiger partial charge in [0.1, 0.15) is 17.4 Å². The maximum atomic E-state index is 9.19. The van der Waals surface area contributed by atoms with Gasteiger partial charge in [-0.1, -0.05) is 36.4 Å². The molecule has 0 aliphatic heterocycles. The van der Waals surface area contributed by atoms with Crippen LogP contribution in [0, 0.1) is 18.3 Å². The van der Waals surface area contributed by atoms with Gasteiger partial charge in [0.15, 0.2) is 0 Å². The number of benzene rings is 3. The van der Waals surface area contributed by atoms with Gasteiger partial charge in [-0.25, -0.2) is 0 Å². The van der Waals surface area contributed by atoms with Crippen molar-refractivity contribution in [3.05, 3.63) is 83.9 Å². The summed E-state index contributed by atoms with van der Waals surface area (Å²) in [4.78, 5) is 2.07. The molecule has 0 heterocycles. The third kappa shape index (κ3) is 3.73. The highest BCUT2D eigenvalue weighted by Crippen LogP contribution is 2.34. The second-order valence-electron chi connectivity index (χ2n) is 5.72. The van der Waals surface area contributed by atoms with Crippen LogP contribution in [0.3, 0.4) is 0 Å². The largest absolute Gasteiger partial charge is 0.343 e. The Bertz CT molecular complexity index is 940. The van der Waals surface area contributed by atoms with Crippen molar-refractivity contribution in [1.82, 2.24) is 0 Å². The molecule has 3 aromatic carbocycles. The van der Waals surface area contributed by atoms with E-state index in [1.165, 1.54) is 0 Å². The molecule has 0 spiro atoms. The average Bonchev–Trinajstić information content (AvgIpc) is 2.67. The Balaban J connectivity index is 2.00. The molecule has 0 amide bonds. The molecule has 4 nitrogen and oxygen atoms in total. The molecule has 3 aromatic rings. The molecule has 0 bridgehead atoms. The molecular formula is C21H18N4. The maximum absolute atomic E-state index is 9.19. The van der Waals surface area contributed by atoms with Crippen molar-refractivity contribution in [1.29, 1.82) is 5.26 Å². The van der Waals surface area contributed by atoms with Gasteiger partial charge in [0, 0.05) is 12.7 Å². The number of anilines is 2. The quantitative estimate of drug-likeness (QED) is 0.548. The predicted molar refractivity (Wildman–Crippen MR) is 101 cm³/mol. The number of nitrogens with zero attached hydrogens (tertiary/aromatic N) is 4. The second-order valence-corrected chi connectivity index (χ2v) is 5.72. The van der Waals surface area contributed by atoms with E-state index in [1.807, 2.05) is 68.6 Å². The van der Waals surface area contributed by atoms with Crippen molar-refractivity contribution in [2.45, 2.75) is 6.92 Å². The highest BCUT2D eigenvalue weighted by atomic mass is 15.2. The minimum absolute atomic E-state index is 0.511. The number of azo groups is 1. The highest BCUT2D eigenvalue weighted by Gasteiger charge is 2.09. The molecular weight excluding hydrogens is 308 g/mol. The lowest BCUT2D eigenvalue weighted by Crippen LogP contribution is -2.09. The second kappa shape index (κ2) is 7.41. The lowest BCUT2D eigenvalue weighted by Gasteiger charge is -2.21. The van der Waals surface area contributed by atoms with Gasteiger partial charge in [0.05, 0.1) is 11.3 Å². The summed E-state index contributed by atoms with van der Waals surface area (Å²) < 4.78 is 0. The first-order valence-electron chi connectivity index (χ1n) is 7.99. The number of hydrogen-bond donors (Lipinski definition) is 0. The van der Waals surface area contributed by atoms with E-state index in [4.69, 9.17) is 0 Å². The lowest BCUT2D eigenvalue weighted by molar-refractivity contribution is 1.16. The van der Waals surface area contributed by atoms with Gasteiger partial charge in [-0.3, -0.25) is 0 Å². The molecule has 122 valence electrons. The van der Waals surface area contributed by atoms with Gasteiger partial charge in [-0.15, -0.1) is 10.2 Å². The summed E-state index contributed by atoms with van der Waals surface area (Å²) in [5.41, 5.74) is 4.97. The third-order valence-electron chi connectivity index (χ3n) is 3.93. The Morgan fingerprint density at radius 3 is 2.28 bits per heavy atom. The Labute approximate surface area is 147 Å². The van der Waals surface area contributed by atoms with E-state index in [1.54, 1.807) is 12.1 Å². The highest BCUT2D eigenvalue weighted by molar-refractivity contribution is 5.74. The molecule has 0 N–H and O–H groups in total. The van der Waals surface area contributed by atoms with Crippen LogP contribution in [-0.2, 0) is 0 Å². The van der Waals surface area contributed by atoms with Gasteiger partial charge in [0.2, 0.25) is 0 Å². The van der Waals surface area contributed by atoms with Crippen LogP contribution in [0.25, 0.3) is 0 Å². The molecule has 4 heteroatoms. The molecule has 25 heavy (non-hydrogen) atoms. The van der Waals surface area contributed by atoms with Gasteiger partial charge in [-0.2, -0.15) is 5.26 Å². The summed E-state index contributed by atoms with van der Waals surface area (Å²) in [7, 11) is 2.00. The van der Waals surface area contributed by atoms with E-state index >= 15 is 0 Å². The van der Waals surface area contributed by atoms with Gasteiger partial charge in [-0.05, 0) is 48.9 Å². The van der Waals surface area contributed by atoms with E-state index in [-0.39, 0.29) is 0 Å². The normalized spacial score (nSPS) is 10.6. The summed E-state index contributed by atoms with van der Waals surface area (Å²) in [6.07, 6.45) is 0. The van der Waals surface area contributed by atoms with Crippen LogP contribution in [-0.4, -0.2) is 7.05 Å². The van der Waals surface area contributed by atoms with E-state index in [9.17, 15) is 5.26 Å². The van der Waals surface area contributed by atoms with Crippen molar-refractivity contribution in [3.63, 3.8) is 0 Å².